The van der Waals surface area contributed by atoms with E-state index >= 15 is 0 Å². The first-order chi connectivity index (χ1) is 14.3. The van der Waals surface area contributed by atoms with Crippen LogP contribution in [0.4, 0.5) is 0 Å². The molecule has 2 N–H and O–H groups in total. The number of amides is 2. The molecule has 1 saturated heterocycles. The number of hydrazine groups is 1. The van der Waals surface area contributed by atoms with E-state index in [4.69, 9.17) is 33.7 Å². The van der Waals surface area contributed by atoms with Crippen LogP contribution in [-0.4, -0.2) is 38.8 Å². The predicted octanol–water partition coefficient (Wildman–Crippen LogP) is 3.74. The Morgan fingerprint density at radius 1 is 1.23 bits per heavy atom. The molecule has 154 valence electrons. The third kappa shape index (κ3) is 5.59. The Balaban J connectivity index is 1.65. The molecule has 0 saturated carbocycles. The molecular weight excluding hydrogens is 448 g/mol. The summed E-state index contributed by atoms with van der Waals surface area (Å²) in [6, 6.07) is 13.2. The Bertz CT molecular complexity index is 1040. The van der Waals surface area contributed by atoms with Gasteiger partial charge in [0.15, 0.2) is 4.32 Å². The molecule has 0 aliphatic carbocycles. The number of carbonyl (C=O) groups is 3. The highest BCUT2D eigenvalue weighted by Gasteiger charge is 2.33. The highest BCUT2D eigenvalue weighted by atomic mass is 35.5. The molecule has 1 aliphatic heterocycles. The molecule has 7 nitrogen and oxygen atoms in total. The summed E-state index contributed by atoms with van der Waals surface area (Å²) in [4.78, 5) is 35.9. The van der Waals surface area contributed by atoms with Crippen molar-refractivity contribution in [3.05, 3.63) is 69.6 Å². The summed E-state index contributed by atoms with van der Waals surface area (Å²) < 4.78 is 5.54. The van der Waals surface area contributed by atoms with Gasteiger partial charge in [-0.1, -0.05) is 41.6 Å². The van der Waals surface area contributed by atoms with Crippen molar-refractivity contribution in [2.75, 3.05) is 6.61 Å². The quantitative estimate of drug-likeness (QED) is 0.478. The molecule has 3 rings (SSSR count). The van der Waals surface area contributed by atoms with E-state index in [1.807, 2.05) is 0 Å². The molecule has 2 aromatic carbocycles. The Morgan fingerprint density at radius 2 is 1.97 bits per heavy atom. The van der Waals surface area contributed by atoms with Crippen LogP contribution in [0.3, 0.4) is 0 Å². The maximum Gasteiger partial charge on any atom is 0.306 e. The number of thiocarbonyl (C=S) groups is 1. The minimum absolute atomic E-state index is 0.0691. The minimum atomic E-state index is -0.934. The molecule has 0 spiro atoms. The number of aliphatic carboxylic acids is 1. The normalized spacial score (nSPS) is 14.8. The summed E-state index contributed by atoms with van der Waals surface area (Å²) in [6.45, 7) is 0.0691. The lowest BCUT2D eigenvalue weighted by molar-refractivity contribution is -0.137. The van der Waals surface area contributed by atoms with Crippen LogP contribution in [0.1, 0.15) is 22.3 Å². The summed E-state index contributed by atoms with van der Waals surface area (Å²) in [6.07, 6.45) is 1.55. The van der Waals surface area contributed by atoms with Crippen molar-refractivity contribution in [2.45, 2.75) is 6.42 Å². The fraction of sp³-hybridized carbons (Fsp3) is 0.100. The molecule has 1 fully saturated rings. The third-order valence-electron chi connectivity index (χ3n) is 3.86. The summed E-state index contributed by atoms with van der Waals surface area (Å²) in [5, 5.41) is 10.1. The standard InChI is InChI=1S/C20H15ClN2O5S2/c21-14-3-1-2-13(11-14)18(26)22-23-19(27)16(30-20(23)29)10-12-4-6-15(7-5-12)28-9-8-17(24)25/h1-7,10-11H,8-9H2,(H,22,26)(H,24,25)/b16-10+. The van der Waals surface area contributed by atoms with E-state index in [0.29, 0.717) is 21.2 Å². The van der Waals surface area contributed by atoms with Crippen LogP contribution >= 0.6 is 35.6 Å². The van der Waals surface area contributed by atoms with Crippen molar-refractivity contribution in [2.24, 2.45) is 0 Å². The number of halogens is 1. The van der Waals surface area contributed by atoms with Crippen molar-refractivity contribution in [1.29, 1.82) is 0 Å². The van der Waals surface area contributed by atoms with Gasteiger partial charge in [-0.2, -0.15) is 5.01 Å². The number of rotatable bonds is 7. The van der Waals surface area contributed by atoms with Crippen LogP contribution in [-0.2, 0) is 9.59 Å². The molecule has 0 radical (unpaired) electrons. The number of hydrogen-bond acceptors (Lipinski definition) is 6. The fourth-order valence-corrected chi connectivity index (χ4v) is 3.80. The number of thioether (sulfide) groups is 1. The fourth-order valence-electron chi connectivity index (χ4n) is 2.43. The number of benzene rings is 2. The van der Waals surface area contributed by atoms with Crippen molar-refractivity contribution in [1.82, 2.24) is 10.4 Å². The lowest BCUT2D eigenvalue weighted by Crippen LogP contribution is -2.44. The van der Waals surface area contributed by atoms with Crippen LogP contribution < -0.4 is 10.2 Å². The van der Waals surface area contributed by atoms with Crippen LogP contribution in [0.15, 0.2) is 53.4 Å². The lowest BCUT2D eigenvalue weighted by atomic mass is 10.2. The highest BCUT2D eigenvalue weighted by Crippen LogP contribution is 2.31. The molecule has 0 bridgehead atoms. The third-order valence-corrected chi connectivity index (χ3v) is 5.39. The van der Waals surface area contributed by atoms with Crippen LogP contribution in [0.2, 0.25) is 5.02 Å². The van der Waals surface area contributed by atoms with Gasteiger partial charge in [-0.3, -0.25) is 19.8 Å². The molecule has 0 aromatic heterocycles. The molecular formula is C20H15ClN2O5S2. The average molecular weight is 463 g/mol. The second-order valence-electron chi connectivity index (χ2n) is 6.03. The van der Waals surface area contributed by atoms with Gasteiger partial charge in [0.05, 0.1) is 17.9 Å². The van der Waals surface area contributed by atoms with Crippen LogP contribution in [0.5, 0.6) is 5.75 Å². The van der Waals surface area contributed by atoms with Gasteiger partial charge >= 0.3 is 5.97 Å². The van der Waals surface area contributed by atoms with Gasteiger partial charge in [0, 0.05) is 10.6 Å². The molecule has 2 amide bonds. The Hall–Kier alpha value is -2.88. The number of nitrogens with one attached hydrogen (secondary N) is 1. The van der Waals surface area contributed by atoms with Gasteiger partial charge in [0.1, 0.15) is 5.75 Å². The number of carbonyl (C=O) groups excluding carboxylic acids is 2. The zero-order valence-electron chi connectivity index (χ0n) is 15.3. The number of ether oxygens (including phenoxy) is 1. The van der Waals surface area contributed by atoms with Crippen molar-refractivity contribution in [3.63, 3.8) is 0 Å². The Labute approximate surface area is 186 Å². The van der Waals surface area contributed by atoms with E-state index in [-0.39, 0.29) is 17.3 Å². The molecule has 0 atom stereocenters. The molecule has 1 aliphatic rings. The smallest absolute Gasteiger partial charge is 0.306 e. The first-order valence-corrected chi connectivity index (χ1v) is 10.2. The first-order valence-electron chi connectivity index (χ1n) is 8.62. The van der Waals surface area contributed by atoms with Crippen LogP contribution in [0, 0.1) is 0 Å². The van der Waals surface area contributed by atoms with Crippen molar-refractivity contribution in [3.8, 4) is 5.75 Å². The molecule has 0 unspecified atom stereocenters. The van der Waals surface area contributed by atoms with E-state index in [1.54, 1.807) is 48.5 Å². The SMILES string of the molecule is O=C(O)CCOc1ccc(/C=C2/SC(=S)N(NC(=O)c3cccc(Cl)c3)C2=O)cc1. The van der Waals surface area contributed by atoms with E-state index in [9.17, 15) is 14.4 Å². The first kappa shape index (κ1) is 21.8. The number of nitrogens with zero attached hydrogens (tertiary/aromatic N) is 1. The molecule has 1 heterocycles. The number of carboxylic acid groups (broad SMARTS) is 1. The van der Waals surface area contributed by atoms with E-state index < -0.39 is 17.8 Å². The maximum atomic E-state index is 12.7. The van der Waals surface area contributed by atoms with Gasteiger partial charge in [-0.15, -0.1) is 0 Å². The van der Waals surface area contributed by atoms with Gasteiger partial charge in [-0.05, 0) is 54.2 Å². The van der Waals surface area contributed by atoms with E-state index in [0.717, 1.165) is 22.3 Å². The van der Waals surface area contributed by atoms with Gasteiger partial charge in [0.25, 0.3) is 11.8 Å². The Morgan fingerprint density at radius 3 is 2.63 bits per heavy atom. The summed E-state index contributed by atoms with van der Waals surface area (Å²) in [5.41, 5.74) is 3.52. The zero-order valence-corrected chi connectivity index (χ0v) is 17.7. The largest absolute Gasteiger partial charge is 0.493 e. The summed E-state index contributed by atoms with van der Waals surface area (Å²) in [5.74, 6) is -1.36. The lowest BCUT2D eigenvalue weighted by Gasteiger charge is -2.15. The zero-order chi connectivity index (χ0) is 21.7. The predicted molar refractivity (Wildman–Crippen MR) is 118 cm³/mol. The van der Waals surface area contributed by atoms with Crippen LogP contribution in [0.25, 0.3) is 6.08 Å². The van der Waals surface area contributed by atoms with Crippen molar-refractivity contribution >= 4 is 63.8 Å². The molecule has 2 aromatic rings. The Kier molecular flexibility index (Phi) is 7.09. The highest BCUT2D eigenvalue weighted by molar-refractivity contribution is 8.26. The van der Waals surface area contributed by atoms with E-state index in [2.05, 4.69) is 5.43 Å². The topological polar surface area (TPSA) is 95.9 Å². The van der Waals surface area contributed by atoms with Gasteiger partial charge < -0.3 is 9.84 Å². The van der Waals surface area contributed by atoms with Crippen molar-refractivity contribution < 1.29 is 24.2 Å². The average Bonchev–Trinajstić information content (AvgIpc) is 2.96. The monoisotopic (exact) mass is 462 g/mol. The maximum absolute atomic E-state index is 12.7. The second kappa shape index (κ2) is 9.75. The van der Waals surface area contributed by atoms with E-state index in [1.165, 1.54) is 6.07 Å². The summed E-state index contributed by atoms with van der Waals surface area (Å²) >= 11 is 12.2. The van der Waals surface area contributed by atoms with Gasteiger partial charge in [0.2, 0.25) is 0 Å². The number of carboxylic acids is 1. The van der Waals surface area contributed by atoms with Gasteiger partial charge in [-0.25, -0.2) is 0 Å². The minimum Gasteiger partial charge on any atom is -0.493 e. The molecule has 10 heteroatoms. The second-order valence-corrected chi connectivity index (χ2v) is 8.14. The number of hydrogen-bond donors (Lipinski definition) is 2. The molecule has 30 heavy (non-hydrogen) atoms. The summed E-state index contributed by atoms with van der Waals surface area (Å²) in [7, 11) is 0.